The Morgan fingerprint density at radius 1 is 0.875 bits per heavy atom. The Balaban J connectivity index is 1.42. The zero-order chi connectivity index (χ0) is 28.5. The molecule has 2 aliphatic rings. The molecule has 1 atom stereocenters. The van der Waals surface area contributed by atoms with E-state index in [0.29, 0.717) is 44.9 Å². The number of para-hydroxylation sites is 1. The third-order valence-corrected chi connectivity index (χ3v) is 7.63. The van der Waals surface area contributed by atoms with Gasteiger partial charge in [-0.05, 0) is 36.2 Å². The van der Waals surface area contributed by atoms with Crippen LogP contribution in [0.1, 0.15) is 27.0 Å². The van der Waals surface area contributed by atoms with Crippen LogP contribution in [-0.2, 0) is 23.5 Å². The number of aromatic nitrogens is 1. The summed E-state index contributed by atoms with van der Waals surface area (Å²) in [5.74, 6) is -0.839. The molecule has 0 bridgehead atoms. The quantitative estimate of drug-likeness (QED) is 0.430. The van der Waals surface area contributed by atoms with Crippen molar-refractivity contribution in [3.05, 3.63) is 70.9 Å². The number of aromatic amines is 1. The number of hydrogen-bond donors (Lipinski definition) is 1. The second-order valence-corrected chi connectivity index (χ2v) is 10.3. The number of benzene rings is 2. The van der Waals surface area contributed by atoms with Crippen molar-refractivity contribution in [1.82, 2.24) is 19.7 Å². The van der Waals surface area contributed by atoms with Gasteiger partial charge in [0.2, 0.25) is 0 Å². The number of nitrogens with one attached hydrogen (secondary N) is 1. The van der Waals surface area contributed by atoms with E-state index in [1.165, 1.54) is 4.90 Å². The maximum Gasteiger partial charge on any atom is 0.416 e. The number of morpholine rings is 1. The number of amides is 1. The fourth-order valence-electron chi connectivity index (χ4n) is 5.47. The Morgan fingerprint density at radius 3 is 2.20 bits per heavy atom. The minimum Gasteiger partial charge on any atom is -0.379 e. The molecule has 2 aliphatic heterocycles. The number of nitrogens with zero attached hydrogens (tertiary/aromatic N) is 3. The first-order chi connectivity index (χ1) is 19.0. The van der Waals surface area contributed by atoms with Crippen molar-refractivity contribution in [2.75, 3.05) is 59.0 Å². The monoisotopic (exact) mass is 568 g/mol. The predicted molar refractivity (Wildman–Crippen MR) is 137 cm³/mol. The molecule has 0 spiro atoms. The lowest BCUT2D eigenvalue weighted by Crippen LogP contribution is -2.57. The number of rotatable bonds is 6. The predicted octanol–water partition coefficient (Wildman–Crippen LogP) is 4.91. The van der Waals surface area contributed by atoms with Crippen LogP contribution < -0.4 is 0 Å². The summed E-state index contributed by atoms with van der Waals surface area (Å²) in [6.45, 7) is 5.63. The van der Waals surface area contributed by atoms with Gasteiger partial charge in [-0.15, -0.1) is 0 Å². The molecule has 3 aromatic rings. The van der Waals surface area contributed by atoms with E-state index in [-0.39, 0.29) is 12.6 Å². The first kappa shape index (κ1) is 28.4. The second-order valence-electron chi connectivity index (χ2n) is 10.3. The highest BCUT2D eigenvalue weighted by molar-refractivity contribution is 5.95. The number of piperazine rings is 1. The van der Waals surface area contributed by atoms with Gasteiger partial charge in [-0.1, -0.05) is 18.2 Å². The lowest BCUT2D eigenvalue weighted by atomic mass is 9.98. The highest BCUT2D eigenvalue weighted by Gasteiger charge is 2.39. The number of ether oxygens (including phenoxy) is 1. The maximum atomic E-state index is 13.6. The zero-order valence-electron chi connectivity index (χ0n) is 21.7. The molecule has 0 saturated carbocycles. The molecule has 3 heterocycles. The van der Waals surface area contributed by atoms with Gasteiger partial charge in [-0.2, -0.15) is 26.3 Å². The first-order valence-corrected chi connectivity index (χ1v) is 13.2. The zero-order valence-corrected chi connectivity index (χ0v) is 21.7. The summed E-state index contributed by atoms with van der Waals surface area (Å²) in [6, 6.07) is 8.26. The van der Waals surface area contributed by atoms with E-state index >= 15 is 0 Å². The summed E-state index contributed by atoms with van der Waals surface area (Å²) in [7, 11) is 0. The van der Waals surface area contributed by atoms with E-state index < -0.39 is 41.0 Å². The Bertz CT molecular complexity index is 1300. The standard InChI is InChI=1S/C28H30F6N4O2/c29-27(30,31)21-13-19(14-22(16-21)28(32,33)34)26(39)38-8-7-37(6-5-36-9-11-40-12-10-36)18-23(38)15-20-17-35-25-4-2-1-3-24(20)25/h1-4,13-14,16-17,23,35H,5-12,15,18H2/t23-/m1/s1. The molecule has 40 heavy (non-hydrogen) atoms. The molecule has 12 heteroatoms. The molecule has 1 aromatic heterocycles. The topological polar surface area (TPSA) is 51.8 Å². The van der Waals surface area contributed by atoms with Gasteiger partial charge in [0.05, 0.1) is 24.3 Å². The van der Waals surface area contributed by atoms with Crippen LogP contribution in [0.3, 0.4) is 0 Å². The summed E-state index contributed by atoms with van der Waals surface area (Å²) in [5.41, 5.74) is -1.78. The van der Waals surface area contributed by atoms with Gasteiger partial charge in [0.1, 0.15) is 0 Å². The van der Waals surface area contributed by atoms with Crippen LogP contribution >= 0.6 is 0 Å². The van der Waals surface area contributed by atoms with Crippen molar-refractivity contribution < 1.29 is 35.9 Å². The van der Waals surface area contributed by atoms with Gasteiger partial charge in [0, 0.05) is 74.5 Å². The van der Waals surface area contributed by atoms with Gasteiger partial charge in [-0.25, -0.2) is 0 Å². The Hall–Kier alpha value is -3.09. The van der Waals surface area contributed by atoms with Gasteiger partial charge in [0.15, 0.2) is 0 Å². The van der Waals surface area contributed by atoms with E-state index in [1.807, 2.05) is 30.5 Å². The fourth-order valence-corrected chi connectivity index (χ4v) is 5.47. The van der Waals surface area contributed by atoms with E-state index in [2.05, 4.69) is 14.8 Å². The number of alkyl halides is 6. The summed E-state index contributed by atoms with van der Waals surface area (Å²) >= 11 is 0. The number of hydrogen-bond acceptors (Lipinski definition) is 4. The molecule has 2 fully saturated rings. The van der Waals surface area contributed by atoms with E-state index in [1.54, 1.807) is 0 Å². The third kappa shape index (κ3) is 6.45. The maximum absolute atomic E-state index is 13.6. The molecule has 0 radical (unpaired) electrons. The Labute approximate surface area is 227 Å². The van der Waals surface area contributed by atoms with Crippen molar-refractivity contribution in [2.45, 2.75) is 24.8 Å². The molecule has 5 rings (SSSR count). The molecule has 1 amide bonds. The van der Waals surface area contributed by atoms with Crippen LogP contribution in [0.5, 0.6) is 0 Å². The lowest BCUT2D eigenvalue weighted by molar-refractivity contribution is -0.143. The summed E-state index contributed by atoms with van der Waals surface area (Å²) in [5, 5.41) is 0.957. The average molecular weight is 569 g/mol. The summed E-state index contributed by atoms with van der Waals surface area (Å²) in [4.78, 5) is 22.7. The highest BCUT2D eigenvalue weighted by Crippen LogP contribution is 2.37. The van der Waals surface area contributed by atoms with Crippen LogP contribution in [0.2, 0.25) is 0 Å². The van der Waals surface area contributed by atoms with Crippen LogP contribution in [-0.4, -0.2) is 90.7 Å². The molecule has 1 N–H and O–H groups in total. The number of carbonyl (C=O) groups excluding carboxylic acids is 1. The van der Waals surface area contributed by atoms with E-state index in [0.717, 1.165) is 42.6 Å². The largest absolute Gasteiger partial charge is 0.416 e. The second kappa shape index (κ2) is 11.4. The van der Waals surface area contributed by atoms with Crippen LogP contribution in [0.15, 0.2) is 48.7 Å². The summed E-state index contributed by atoms with van der Waals surface area (Å²) in [6.07, 6.45) is -7.82. The molecule has 6 nitrogen and oxygen atoms in total. The van der Waals surface area contributed by atoms with E-state index in [4.69, 9.17) is 4.74 Å². The van der Waals surface area contributed by atoms with Crippen molar-refractivity contribution in [3.8, 4) is 0 Å². The van der Waals surface area contributed by atoms with Crippen molar-refractivity contribution in [2.24, 2.45) is 0 Å². The number of fused-ring (bicyclic) bond motifs is 1. The molecule has 2 saturated heterocycles. The van der Waals surface area contributed by atoms with Crippen molar-refractivity contribution in [3.63, 3.8) is 0 Å². The number of halogens is 6. The van der Waals surface area contributed by atoms with Gasteiger partial charge >= 0.3 is 12.4 Å². The van der Waals surface area contributed by atoms with Crippen LogP contribution in [0.4, 0.5) is 26.3 Å². The van der Waals surface area contributed by atoms with E-state index in [9.17, 15) is 31.1 Å². The van der Waals surface area contributed by atoms with Gasteiger partial charge in [0.25, 0.3) is 5.91 Å². The van der Waals surface area contributed by atoms with Gasteiger partial charge in [-0.3, -0.25) is 14.6 Å². The molecular weight excluding hydrogens is 538 g/mol. The average Bonchev–Trinajstić information content (AvgIpc) is 3.34. The SMILES string of the molecule is O=C(c1cc(C(F)(F)F)cc(C(F)(F)F)c1)N1CCN(CCN2CCOCC2)C[C@H]1Cc1c[nH]c2ccccc12. The number of H-pyrrole nitrogens is 1. The molecule has 216 valence electrons. The smallest absolute Gasteiger partial charge is 0.379 e. The third-order valence-electron chi connectivity index (χ3n) is 7.63. The number of carbonyl (C=O) groups is 1. The Morgan fingerprint density at radius 2 is 1.52 bits per heavy atom. The molecule has 0 aliphatic carbocycles. The molecule has 0 unspecified atom stereocenters. The Kier molecular flexibility index (Phi) is 8.12. The minimum atomic E-state index is -5.03. The minimum absolute atomic E-state index is 0.0454. The van der Waals surface area contributed by atoms with Crippen molar-refractivity contribution in [1.29, 1.82) is 0 Å². The summed E-state index contributed by atoms with van der Waals surface area (Å²) < 4.78 is 86.4. The first-order valence-electron chi connectivity index (χ1n) is 13.2. The van der Waals surface area contributed by atoms with Crippen LogP contribution in [0, 0.1) is 0 Å². The van der Waals surface area contributed by atoms with Crippen LogP contribution in [0.25, 0.3) is 10.9 Å². The fraction of sp³-hybridized carbons (Fsp3) is 0.464. The van der Waals surface area contributed by atoms with Crippen molar-refractivity contribution >= 4 is 16.8 Å². The lowest BCUT2D eigenvalue weighted by Gasteiger charge is -2.42. The molecular formula is C28H30F6N4O2. The van der Waals surface area contributed by atoms with Gasteiger partial charge < -0.3 is 14.6 Å². The highest BCUT2D eigenvalue weighted by atomic mass is 19.4. The normalized spacial score (nSPS) is 19.9. The molecule has 2 aromatic carbocycles.